The van der Waals surface area contributed by atoms with E-state index in [9.17, 15) is 0 Å². The van der Waals surface area contributed by atoms with Gasteiger partial charge in [0.2, 0.25) is 0 Å². The van der Waals surface area contributed by atoms with Gasteiger partial charge < -0.3 is 0 Å². The normalized spacial score (nSPS) is 10.1. The number of benzene rings is 1. The van der Waals surface area contributed by atoms with Crippen LogP contribution in [0.15, 0.2) is 30.5 Å². The smallest absolute Gasteiger partial charge is 0.0991 e. The number of aromatic nitrogens is 2. The van der Waals surface area contributed by atoms with Gasteiger partial charge in [-0.2, -0.15) is 10.4 Å². The molecule has 0 N–H and O–H groups in total. The van der Waals surface area contributed by atoms with Crippen LogP contribution in [-0.2, 0) is 6.54 Å². The fourth-order valence-electron chi connectivity index (χ4n) is 1.77. The predicted octanol–water partition coefficient (Wildman–Crippen LogP) is 2.75. The first-order valence-corrected chi connectivity index (χ1v) is 5.29. The molecule has 1 aromatic carbocycles. The van der Waals surface area contributed by atoms with Crippen LogP contribution in [0, 0.1) is 18.3 Å². The van der Waals surface area contributed by atoms with Gasteiger partial charge in [0.1, 0.15) is 0 Å². The number of nitriles is 1. The molecule has 0 aliphatic rings. The maximum absolute atomic E-state index is 8.73. The molecular formula is C13H13N3. The number of nitrogens with zero attached hydrogens (tertiary/aromatic N) is 3. The largest absolute Gasteiger partial charge is 0.270 e. The van der Waals surface area contributed by atoms with Gasteiger partial charge in [0.25, 0.3) is 0 Å². The lowest BCUT2D eigenvalue weighted by Crippen LogP contribution is -1.98. The highest BCUT2D eigenvalue weighted by Crippen LogP contribution is 2.23. The summed E-state index contributed by atoms with van der Waals surface area (Å²) < 4.78 is 1.97. The van der Waals surface area contributed by atoms with Crippen molar-refractivity contribution in [3.05, 3.63) is 41.7 Å². The fourth-order valence-corrected chi connectivity index (χ4v) is 1.77. The van der Waals surface area contributed by atoms with Crippen molar-refractivity contribution in [3.63, 3.8) is 0 Å². The fraction of sp³-hybridized carbons (Fsp3) is 0.231. The Morgan fingerprint density at radius 1 is 1.31 bits per heavy atom. The minimum Gasteiger partial charge on any atom is -0.270 e. The van der Waals surface area contributed by atoms with Gasteiger partial charge >= 0.3 is 0 Å². The molecule has 0 aliphatic heterocycles. The van der Waals surface area contributed by atoms with Gasteiger partial charge in [-0.05, 0) is 31.5 Å². The third kappa shape index (κ3) is 1.70. The molecule has 0 unspecified atom stereocenters. The van der Waals surface area contributed by atoms with Gasteiger partial charge in [0.05, 0.1) is 17.8 Å². The molecule has 2 rings (SSSR count). The Hall–Kier alpha value is -2.08. The maximum Gasteiger partial charge on any atom is 0.0991 e. The Kier molecular flexibility index (Phi) is 2.74. The lowest BCUT2D eigenvalue weighted by molar-refractivity contribution is 0.640. The van der Waals surface area contributed by atoms with Crippen molar-refractivity contribution < 1.29 is 0 Å². The first kappa shape index (κ1) is 10.4. The van der Waals surface area contributed by atoms with Crippen molar-refractivity contribution >= 4 is 0 Å². The van der Waals surface area contributed by atoms with Crippen LogP contribution in [-0.4, -0.2) is 9.78 Å². The van der Waals surface area contributed by atoms with Crippen LogP contribution >= 0.6 is 0 Å². The summed E-state index contributed by atoms with van der Waals surface area (Å²) in [7, 11) is 0. The third-order valence-electron chi connectivity index (χ3n) is 2.73. The quantitative estimate of drug-likeness (QED) is 0.766. The second-order valence-corrected chi connectivity index (χ2v) is 3.65. The zero-order valence-electron chi connectivity index (χ0n) is 9.44. The number of hydrogen-bond donors (Lipinski definition) is 0. The first-order valence-electron chi connectivity index (χ1n) is 5.29. The molecule has 0 fully saturated rings. The van der Waals surface area contributed by atoms with E-state index in [2.05, 4.69) is 25.0 Å². The van der Waals surface area contributed by atoms with Crippen LogP contribution in [0.2, 0.25) is 0 Å². The molecule has 80 valence electrons. The highest BCUT2D eigenvalue weighted by Gasteiger charge is 2.06. The summed E-state index contributed by atoms with van der Waals surface area (Å²) in [5, 5.41) is 13.0. The second kappa shape index (κ2) is 4.19. The molecule has 2 aromatic rings. The number of rotatable bonds is 2. The van der Waals surface area contributed by atoms with E-state index >= 15 is 0 Å². The molecule has 0 radical (unpaired) electrons. The highest BCUT2D eigenvalue weighted by molar-refractivity contribution is 5.65. The van der Waals surface area contributed by atoms with Crippen molar-refractivity contribution in [3.8, 4) is 17.2 Å². The van der Waals surface area contributed by atoms with Crippen molar-refractivity contribution in [2.45, 2.75) is 20.4 Å². The van der Waals surface area contributed by atoms with Crippen LogP contribution in [0.4, 0.5) is 0 Å². The van der Waals surface area contributed by atoms with Crippen LogP contribution < -0.4 is 0 Å². The van der Waals surface area contributed by atoms with Gasteiger partial charge in [-0.3, -0.25) is 4.68 Å². The topological polar surface area (TPSA) is 41.6 Å². The van der Waals surface area contributed by atoms with Crippen molar-refractivity contribution in [1.82, 2.24) is 9.78 Å². The number of hydrogen-bond acceptors (Lipinski definition) is 2. The minimum absolute atomic E-state index is 0.685. The van der Waals surface area contributed by atoms with Crippen LogP contribution in [0.5, 0.6) is 0 Å². The molecule has 3 heteroatoms. The third-order valence-corrected chi connectivity index (χ3v) is 2.73. The average Bonchev–Trinajstić information content (AvgIpc) is 2.70. The predicted molar refractivity (Wildman–Crippen MR) is 62.8 cm³/mol. The van der Waals surface area contributed by atoms with Crippen molar-refractivity contribution in [1.29, 1.82) is 5.26 Å². The van der Waals surface area contributed by atoms with Crippen LogP contribution in [0.25, 0.3) is 11.1 Å². The van der Waals surface area contributed by atoms with E-state index < -0.39 is 0 Å². The zero-order chi connectivity index (χ0) is 11.5. The summed E-state index contributed by atoms with van der Waals surface area (Å²) in [5.41, 5.74) is 4.08. The second-order valence-electron chi connectivity index (χ2n) is 3.65. The summed E-state index contributed by atoms with van der Waals surface area (Å²) in [6.45, 7) is 5.01. The van der Waals surface area contributed by atoms with E-state index in [0.29, 0.717) is 5.56 Å². The standard InChI is InChI=1S/C13H13N3/c1-3-16-10(2)13(9-15-16)12-6-4-11(8-14)5-7-12/h4-7,9H,3H2,1-2H3. The molecule has 1 heterocycles. The summed E-state index contributed by atoms with van der Waals surface area (Å²) in [4.78, 5) is 0. The molecule has 0 aliphatic carbocycles. The Balaban J connectivity index is 2.43. The average molecular weight is 211 g/mol. The SMILES string of the molecule is CCn1ncc(-c2ccc(C#N)cc2)c1C. The lowest BCUT2D eigenvalue weighted by atomic mass is 10.1. The number of aryl methyl sites for hydroxylation is 1. The summed E-state index contributed by atoms with van der Waals surface area (Å²) in [6, 6.07) is 9.70. The monoisotopic (exact) mass is 211 g/mol. The summed E-state index contributed by atoms with van der Waals surface area (Å²) >= 11 is 0. The van der Waals surface area contributed by atoms with E-state index in [0.717, 1.165) is 23.4 Å². The van der Waals surface area contributed by atoms with Crippen LogP contribution in [0.1, 0.15) is 18.2 Å². The van der Waals surface area contributed by atoms with Gasteiger partial charge in [0.15, 0.2) is 0 Å². The molecule has 16 heavy (non-hydrogen) atoms. The molecular weight excluding hydrogens is 198 g/mol. The minimum atomic E-state index is 0.685. The molecule has 0 bridgehead atoms. The van der Waals surface area contributed by atoms with Gasteiger partial charge in [0, 0.05) is 17.8 Å². The van der Waals surface area contributed by atoms with Crippen LogP contribution in [0.3, 0.4) is 0 Å². The Labute approximate surface area is 94.9 Å². The molecule has 0 atom stereocenters. The Bertz CT molecular complexity index is 529. The highest BCUT2D eigenvalue weighted by atomic mass is 15.3. The molecule has 0 saturated carbocycles. The summed E-state index contributed by atoms with van der Waals surface area (Å²) in [5.74, 6) is 0. The first-order chi connectivity index (χ1) is 7.76. The molecule has 3 nitrogen and oxygen atoms in total. The van der Waals surface area contributed by atoms with E-state index in [-0.39, 0.29) is 0 Å². The zero-order valence-corrected chi connectivity index (χ0v) is 9.44. The van der Waals surface area contributed by atoms with E-state index in [1.807, 2.05) is 35.1 Å². The maximum atomic E-state index is 8.73. The van der Waals surface area contributed by atoms with E-state index in [1.54, 1.807) is 0 Å². The van der Waals surface area contributed by atoms with Gasteiger partial charge in [-0.25, -0.2) is 0 Å². The van der Waals surface area contributed by atoms with Gasteiger partial charge in [-0.15, -0.1) is 0 Å². The van der Waals surface area contributed by atoms with E-state index in [1.165, 1.54) is 0 Å². The van der Waals surface area contributed by atoms with Gasteiger partial charge in [-0.1, -0.05) is 12.1 Å². The molecule has 0 spiro atoms. The van der Waals surface area contributed by atoms with Crippen molar-refractivity contribution in [2.75, 3.05) is 0 Å². The Morgan fingerprint density at radius 3 is 2.50 bits per heavy atom. The Morgan fingerprint density at radius 2 is 2.00 bits per heavy atom. The summed E-state index contributed by atoms with van der Waals surface area (Å²) in [6.07, 6.45) is 1.88. The lowest BCUT2D eigenvalue weighted by Gasteiger charge is -2.02. The van der Waals surface area contributed by atoms with E-state index in [4.69, 9.17) is 5.26 Å². The molecule has 1 aromatic heterocycles. The molecule has 0 saturated heterocycles. The van der Waals surface area contributed by atoms with Crippen molar-refractivity contribution in [2.24, 2.45) is 0 Å². The molecule has 0 amide bonds.